The van der Waals surface area contributed by atoms with Crippen LogP contribution in [0.2, 0.25) is 0 Å². The summed E-state index contributed by atoms with van der Waals surface area (Å²) in [6, 6.07) is 15.4. The van der Waals surface area contributed by atoms with Crippen LogP contribution in [0.4, 0.5) is 15.8 Å². The Kier molecular flexibility index (Phi) is 5.34. The molecule has 2 aromatic carbocycles. The molecule has 0 aromatic heterocycles. The van der Waals surface area contributed by atoms with Gasteiger partial charge in [-0.1, -0.05) is 31.2 Å². The summed E-state index contributed by atoms with van der Waals surface area (Å²) in [5.74, 6) is -0.193. The molecule has 0 aliphatic carbocycles. The molecular formula is C18H23FN2. The molecule has 0 radical (unpaired) electrons. The minimum atomic E-state index is -0.193. The van der Waals surface area contributed by atoms with Gasteiger partial charge in [-0.25, -0.2) is 4.39 Å². The third-order valence-corrected chi connectivity index (χ3v) is 3.71. The molecule has 21 heavy (non-hydrogen) atoms. The van der Waals surface area contributed by atoms with Crippen molar-refractivity contribution in [1.29, 1.82) is 0 Å². The average Bonchev–Trinajstić information content (AvgIpc) is 2.51. The number of hydrogen-bond donors (Lipinski definition) is 1. The largest absolute Gasteiger partial charge is 0.339 e. The highest BCUT2D eigenvalue weighted by atomic mass is 19.1. The standard InChI is InChI=1S/C18H23FN2/c1-3-15(20)12-14-10-11-18(17(19)13-14)21(4-2)16-8-6-5-7-9-16/h5-11,13,15H,3-4,12,20H2,1-2H3. The first-order chi connectivity index (χ1) is 10.2. The van der Waals surface area contributed by atoms with Gasteiger partial charge in [-0.2, -0.15) is 0 Å². The van der Waals surface area contributed by atoms with Gasteiger partial charge in [0.05, 0.1) is 5.69 Å². The number of nitrogens with zero attached hydrogens (tertiary/aromatic N) is 1. The second-order valence-electron chi connectivity index (χ2n) is 5.24. The van der Waals surface area contributed by atoms with E-state index in [2.05, 4.69) is 0 Å². The number of benzene rings is 2. The smallest absolute Gasteiger partial charge is 0.147 e. The van der Waals surface area contributed by atoms with Crippen molar-refractivity contribution >= 4 is 11.4 Å². The third-order valence-electron chi connectivity index (χ3n) is 3.71. The topological polar surface area (TPSA) is 29.3 Å². The lowest BCUT2D eigenvalue weighted by atomic mass is 10.0. The van der Waals surface area contributed by atoms with Crippen LogP contribution >= 0.6 is 0 Å². The van der Waals surface area contributed by atoms with Crippen LogP contribution in [0.15, 0.2) is 48.5 Å². The fourth-order valence-corrected chi connectivity index (χ4v) is 2.44. The van der Waals surface area contributed by atoms with Gasteiger partial charge in [-0.05, 0) is 49.6 Å². The molecule has 2 N–H and O–H groups in total. The number of anilines is 2. The summed E-state index contributed by atoms with van der Waals surface area (Å²) in [4.78, 5) is 1.97. The molecule has 0 heterocycles. The Bertz CT molecular complexity index is 569. The van der Waals surface area contributed by atoms with Crippen LogP contribution in [0.5, 0.6) is 0 Å². The number of para-hydroxylation sites is 1. The summed E-state index contributed by atoms with van der Waals surface area (Å²) >= 11 is 0. The van der Waals surface area contributed by atoms with E-state index >= 15 is 0 Å². The van der Waals surface area contributed by atoms with Crippen molar-refractivity contribution in [2.75, 3.05) is 11.4 Å². The molecule has 2 aromatic rings. The van der Waals surface area contributed by atoms with E-state index in [-0.39, 0.29) is 11.9 Å². The van der Waals surface area contributed by atoms with Gasteiger partial charge >= 0.3 is 0 Å². The van der Waals surface area contributed by atoms with Crippen LogP contribution in [-0.2, 0) is 6.42 Å². The highest BCUT2D eigenvalue weighted by Gasteiger charge is 2.13. The van der Waals surface area contributed by atoms with Crippen molar-refractivity contribution in [2.45, 2.75) is 32.7 Å². The molecule has 112 valence electrons. The fourth-order valence-electron chi connectivity index (χ4n) is 2.44. The molecule has 0 saturated carbocycles. The summed E-state index contributed by atoms with van der Waals surface area (Å²) in [5, 5.41) is 0. The maximum Gasteiger partial charge on any atom is 0.147 e. The van der Waals surface area contributed by atoms with Gasteiger partial charge in [0.2, 0.25) is 0 Å². The lowest BCUT2D eigenvalue weighted by Crippen LogP contribution is -2.22. The Morgan fingerprint density at radius 3 is 2.38 bits per heavy atom. The molecule has 0 spiro atoms. The van der Waals surface area contributed by atoms with Gasteiger partial charge in [-0.15, -0.1) is 0 Å². The summed E-state index contributed by atoms with van der Waals surface area (Å²) in [6.07, 6.45) is 1.61. The van der Waals surface area contributed by atoms with Gasteiger partial charge in [0.25, 0.3) is 0 Å². The van der Waals surface area contributed by atoms with Crippen LogP contribution in [-0.4, -0.2) is 12.6 Å². The van der Waals surface area contributed by atoms with Gasteiger partial charge in [0.1, 0.15) is 5.82 Å². The van der Waals surface area contributed by atoms with Crippen LogP contribution in [0.3, 0.4) is 0 Å². The monoisotopic (exact) mass is 286 g/mol. The van der Waals surface area contributed by atoms with E-state index < -0.39 is 0 Å². The minimum Gasteiger partial charge on any atom is -0.339 e. The summed E-state index contributed by atoms with van der Waals surface area (Å²) < 4.78 is 14.4. The van der Waals surface area contributed by atoms with Gasteiger partial charge < -0.3 is 10.6 Å². The Balaban J connectivity index is 2.27. The second-order valence-corrected chi connectivity index (χ2v) is 5.24. The molecule has 0 aliphatic heterocycles. The second kappa shape index (κ2) is 7.23. The first kappa shape index (κ1) is 15.5. The Hall–Kier alpha value is -1.87. The zero-order valence-corrected chi connectivity index (χ0v) is 12.7. The van der Waals surface area contributed by atoms with E-state index in [1.165, 1.54) is 0 Å². The summed E-state index contributed by atoms with van der Waals surface area (Å²) in [5.41, 5.74) is 8.50. The number of nitrogens with two attached hydrogens (primary N) is 1. The van der Waals surface area contributed by atoms with Crippen molar-refractivity contribution in [3.8, 4) is 0 Å². The van der Waals surface area contributed by atoms with Crippen LogP contribution in [0, 0.1) is 5.82 Å². The maximum absolute atomic E-state index is 14.4. The lowest BCUT2D eigenvalue weighted by molar-refractivity contribution is 0.613. The Morgan fingerprint density at radius 1 is 1.10 bits per heavy atom. The maximum atomic E-state index is 14.4. The molecule has 0 bridgehead atoms. The van der Waals surface area contributed by atoms with E-state index in [0.29, 0.717) is 12.1 Å². The van der Waals surface area contributed by atoms with Gasteiger partial charge in [0.15, 0.2) is 0 Å². The fraction of sp³-hybridized carbons (Fsp3) is 0.333. The first-order valence-corrected chi connectivity index (χ1v) is 7.52. The van der Waals surface area contributed by atoms with E-state index in [0.717, 1.165) is 24.2 Å². The van der Waals surface area contributed by atoms with E-state index in [1.807, 2.05) is 61.2 Å². The highest BCUT2D eigenvalue weighted by molar-refractivity contribution is 5.63. The molecule has 0 fully saturated rings. The zero-order valence-electron chi connectivity index (χ0n) is 12.7. The predicted molar refractivity (Wildman–Crippen MR) is 87.5 cm³/mol. The molecule has 0 amide bonds. The lowest BCUT2D eigenvalue weighted by Gasteiger charge is -2.24. The number of rotatable bonds is 6. The van der Waals surface area contributed by atoms with E-state index in [1.54, 1.807) is 6.07 Å². The highest BCUT2D eigenvalue weighted by Crippen LogP contribution is 2.28. The van der Waals surface area contributed by atoms with Crippen LogP contribution in [0.1, 0.15) is 25.8 Å². The summed E-state index contributed by atoms with van der Waals surface area (Å²) in [6.45, 7) is 4.78. The van der Waals surface area contributed by atoms with Gasteiger partial charge in [-0.3, -0.25) is 0 Å². The van der Waals surface area contributed by atoms with Crippen LogP contribution in [0.25, 0.3) is 0 Å². The zero-order chi connectivity index (χ0) is 15.2. The Morgan fingerprint density at radius 2 is 1.81 bits per heavy atom. The minimum absolute atomic E-state index is 0.0895. The third kappa shape index (κ3) is 3.82. The molecular weight excluding hydrogens is 263 g/mol. The quantitative estimate of drug-likeness (QED) is 0.859. The Labute approximate surface area is 126 Å². The van der Waals surface area contributed by atoms with Crippen molar-refractivity contribution in [2.24, 2.45) is 5.73 Å². The van der Waals surface area contributed by atoms with E-state index in [4.69, 9.17) is 5.73 Å². The van der Waals surface area contributed by atoms with Crippen molar-refractivity contribution in [1.82, 2.24) is 0 Å². The first-order valence-electron chi connectivity index (χ1n) is 7.52. The molecule has 1 atom stereocenters. The van der Waals surface area contributed by atoms with Crippen molar-refractivity contribution in [3.05, 3.63) is 59.9 Å². The predicted octanol–water partition coefficient (Wildman–Crippen LogP) is 4.26. The van der Waals surface area contributed by atoms with E-state index in [9.17, 15) is 4.39 Å². The molecule has 1 unspecified atom stereocenters. The molecule has 3 heteroatoms. The number of halogens is 1. The summed E-state index contributed by atoms with van der Waals surface area (Å²) in [7, 11) is 0. The molecule has 0 aliphatic rings. The van der Waals surface area contributed by atoms with Crippen molar-refractivity contribution < 1.29 is 4.39 Å². The van der Waals surface area contributed by atoms with Crippen molar-refractivity contribution in [3.63, 3.8) is 0 Å². The normalized spacial score (nSPS) is 12.2. The van der Waals surface area contributed by atoms with Crippen LogP contribution < -0.4 is 10.6 Å². The SMILES string of the molecule is CCC(N)Cc1ccc(N(CC)c2ccccc2)c(F)c1. The van der Waals surface area contributed by atoms with Gasteiger partial charge in [0, 0.05) is 18.3 Å². The molecule has 2 rings (SSSR count). The number of hydrogen-bond acceptors (Lipinski definition) is 2. The molecule has 0 saturated heterocycles. The average molecular weight is 286 g/mol. The molecule has 2 nitrogen and oxygen atoms in total.